The molecule has 24 heavy (non-hydrogen) atoms. The van der Waals surface area contributed by atoms with Gasteiger partial charge < -0.3 is 14.6 Å². The molecule has 2 aliphatic rings. The molecule has 0 spiro atoms. The molecule has 1 aliphatic carbocycles. The Kier molecular flexibility index (Phi) is 5.74. The highest BCUT2D eigenvalue weighted by Crippen LogP contribution is 2.29. The van der Waals surface area contributed by atoms with Crippen LogP contribution in [0.4, 0.5) is 0 Å². The van der Waals surface area contributed by atoms with Crippen molar-refractivity contribution in [3.05, 3.63) is 35.2 Å². The van der Waals surface area contributed by atoms with E-state index in [0.717, 1.165) is 56.9 Å². The molecule has 0 radical (unpaired) electrons. The summed E-state index contributed by atoms with van der Waals surface area (Å²) in [5.41, 5.74) is 4.73. The molecule has 5 heteroatoms. The van der Waals surface area contributed by atoms with Crippen LogP contribution in [0.1, 0.15) is 40.2 Å². The number of ether oxygens (including phenoxy) is 1. The molecule has 1 aromatic heterocycles. The maximum absolute atomic E-state index is 12.8. The van der Waals surface area contributed by atoms with Crippen LogP contribution >= 0.6 is 0 Å². The predicted molar refractivity (Wildman–Crippen MR) is 95.6 cm³/mol. The van der Waals surface area contributed by atoms with E-state index in [0.29, 0.717) is 13.1 Å². The highest BCUT2D eigenvalue weighted by molar-refractivity contribution is 5.95. The highest BCUT2D eigenvalue weighted by atomic mass is 16.5. The van der Waals surface area contributed by atoms with E-state index in [9.17, 15) is 4.79 Å². The maximum atomic E-state index is 12.8. The molecule has 1 aromatic rings. The van der Waals surface area contributed by atoms with E-state index < -0.39 is 0 Å². The van der Waals surface area contributed by atoms with E-state index in [1.807, 2.05) is 6.08 Å². The molecule has 0 unspecified atom stereocenters. The smallest absolute Gasteiger partial charge is 0.268 e. The topological polar surface area (TPSA) is 46.5 Å². The van der Waals surface area contributed by atoms with Gasteiger partial charge in [0.15, 0.2) is 0 Å². The summed E-state index contributed by atoms with van der Waals surface area (Å²) in [4.78, 5) is 15.1. The zero-order valence-electron chi connectivity index (χ0n) is 14.8. The van der Waals surface area contributed by atoms with Gasteiger partial charge >= 0.3 is 0 Å². The molecule has 1 amide bonds. The molecule has 3 rings (SSSR count). The number of aromatic nitrogens is 1. The van der Waals surface area contributed by atoms with E-state index >= 15 is 0 Å². The van der Waals surface area contributed by atoms with Gasteiger partial charge in [0.25, 0.3) is 5.91 Å². The van der Waals surface area contributed by atoms with Crippen LogP contribution in [0.15, 0.2) is 12.7 Å². The summed E-state index contributed by atoms with van der Waals surface area (Å²) in [6.45, 7) is 11.7. The Balaban J connectivity index is 1.69. The predicted octanol–water partition coefficient (Wildman–Crippen LogP) is 1.92. The lowest BCUT2D eigenvalue weighted by Gasteiger charge is -2.26. The third-order valence-corrected chi connectivity index (χ3v) is 5.19. The van der Waals surface area contributed by atoms with Gasteiger partial charge in [0.1, 0.15) is 5.69 Å². The monoisotopic (exact) mass is 331 g/mol. The Morgan fingerprint density at radius 2 is 2.04 bits per heavy atom. The number of carbonyl (C=O) groups is 1. The average molecular weight is 331 g/mol. The summed E-state index contributed by atoms with van der Waals surface area (Å²) in [6, 6.07) is 0. The van der Waals surface area contributed by atoms with Crippen molar-refractivity contribution in [1.82, 2.24) is 14.8 Å². The van der Waals surface area contributed by atoms with E-state index in [1.165, 1.54) is 24.1 Å². The van der Waals surface area contributed by atoms with Gasteiger partial charge in [0.2, 0.25) is 0 Å². The van der Waals surface area contributed by atoms with Gasteiger partial charge in [-0.15, -0.1) is 6.58 Å². The largest absolute Gasteiger partial charge is 0.379 e. The number of amides is 1. The van der Waals surface area contributed by atoms with Gasteiger partial charge in [-0.25, -0.2) is 0 Å². The molecule has 0 aromatic carbocycles. The van der Waals surface area contributed by atoms with Gasteiger partial charge in [-0.2, -0.15) is 0 Å². The standard InChI is InChI=1S/C19H29N3O2/c1-3-9-22-17-7-5-4-6-16(17)15(2)18(22)19(23)20-8-10-21-11-13-24-14-12-21/h3H,1,4-14H2,2H3,(H,20,23). The second kappa shape index (κ2) is 7.99. The van der Waals surface area contributed by atoms with Crippen molar-refractivity contribution >= 4 is 5.91 Å². The quantitative estimate of drug-likeness (QED) is 0.810. The van der Waals surface area contributed by atoms with Crippen LogP contribution in [0, 0.1) is 6.92 Å². The lowest BCUT2D eigenvalue weighted by molar-refractivity contribution is 0.0383. The molecule has 0 atom stereocenters. The third kappa shape index (κ3) is 3.57. The Bertz CT molecular complexity index is 600. The Hall–Kier alpha value is -1.59. The van der Waals surface area contributed by atoms with Gasteiger partial charge in [-0.05, 0) is 43.7 Å². The molecular formula is C19H29N3O2. The number of nitrogens with one attached hydrogen (secondary N) is 1. The molecule has 1 N–H and O–H groups in total. The Labute approximate surface area is 144 Å². The van der Waals surface area contributed by atoms with Crippen LogP contribution in [0.3, 0.4) is 0 Å². The van der Waals surface area contributed by atoms with Gasteiger partial charge in [-0.3, -0.25) is 9.69 Å². The fourth-order valence-corrected chi connectivity index (χ4v) is 3.93. The second-order valence-corrected chi connectivity index (χ2v) is 6.72. The van der Waals surface area contributed by atoms with Gasteiger partial charge in [-0.1, -0.05) is 6.08 Å². The van der Waals surface area contributed by atoms with Crippen molar-refractivity contribution in [2.45, 2.75) is 39.2 Å². The van der Waals surface area contributed by atoms with E-state index in [-0.39, 0.29) is 5.91 Å². The normalized spacial score (nSPS) is 18.2. The molecule has 5 nitrogen and oxygen atoms in total. The van der Waals surface area contributed by atoms with Crippen molar-refractivity contribution in [2.24, 2.45) is 0 Å². The SMILES string of the molecule is C=CCn1c2c(c(C)c1C(=O)NCCN1CCOCC1)CCCC2. The number of fused-ring (bicyclic) bond motifs is 1. The first-order valence-electron chi connectivity index (χ1n) is 9.12. The summed E-state index contributed by atoms with van der Waals surface area (Å²) < 4.78 is 7.54. The minimum Gasteiger partial charge on any atom is -0.379 e. The third-order valence-electron chi connectivity index (χ3n) is 5.19. The molecule has 1 fully saturated rings. The molecule has 0 saturated carbocycles. The summed E-state index contributed by atoms with van der Waals surface area (Å²) in [7, 11) is 0. The summed E-state index contributed by atoms with van der Waals surface area (Å²) in [5, 5.41) is 3.12. The van der Waals surface area contributed by atoms with Crippen LogP contribution in [-0.4, -0.2) is 54.8 Å². The van der Waals surface area contributed by atoms with Crippen molar-refractivity contribution in [3.8, 4) is 0 Å². The summed E-state index contributed by atoms with van der Waals surface area (Å²) in [6.07, 6.45) is 6.50. The average Bonchev–Trinajstić information content (AvgIpc) is 2.89. The summed E-state index contributed by atoms with van der Waals surface area (Å²) in [5.74, 6) is 0.0528. The lowest BCUT2D eigenvalue weighted by Crippen LogP contribution is -2.41. The molecule has 2 heterocycles. The lowest BCUT2D eigenvalue weighted by atomic mass is 9.95. The van der Waals surface area contributed by atoms with E-state index in [2.05, 4.69) is 28.3 Å². The van der Waals surface area contributed by atoms with Crippen LogP contribution in [0.2, 0.25) is 0 Å². The number of morpholine rings is 1. The summed E-state index contributed by atoms with van der Waals surface area (Å²) >= 11 is 0. The van der Waals surface area contributed by atoms with Crippen molar-refractivity contribution in [1.29, 1.82) is 0 Å². The molecule has 1 aliphatic heterocycles. The van der Waals surface area contributed by atoms with Crippen molar-refractivity contribution < 1.29 is 9.53 Å². The van der Waals surface area contributed by atoms with Crippen molar-refractivity contribution in [3.63, 3.8) is 0 Å². The zero-order chi connectivity index (χ0) is 16.9. The number of hydrogen-bond acceptors (Lipinski definition) is 3. The molecule has 0 bridgehead atoms. The zero-order valence-corrected chi connectivity index (χ0v) is 14.8. The maximum Gasteiger partial charge on any atom is 0.268 e. The first-order valence-corrected chi connectivity index (χ1v) is 9.12. The number of nitrogens with zero attached hydrogens (tertiary/aromatic N) is 2. The van der Waals surface area contributed by atoms with E-state index in [4.69, 9.17) is 4.74 Å². The fraction of sp³-hybridized carbons (Fsp3) is 0.632. The first kappa shape index (κ1) is 17.2. The van der Waals surface area contributed by atoms with Crippen LogP contribution in [-0.2, 0) is 24.1 Å². The minimum atomic E-state index is 0.0528. The second-order valence-electron chi connectivity index (χ2n) is 6.72. The number of hydrogen-bond donors (Lipinski definition) is 1. The minimum absolute atomic E-state index is 0.0528. The van der Waals surface area contributed by atoms with Crippen molar-refractivity contribution in [2.75, 3.05) is 39.4 Å². The Morgan fingerprint density at radius 3 is 2.79 bits per heavy atom. The van der Waals surface area contributed by atoms with Crippen LogP contribution in [0.5, 0.6) is 0 Å². The molecule has 132 valence electrons. The fourth-order valence-electron chi connectivity index (χ4n) is 3.93. The van der Waals surface area contributed by atoms with Gasteiger partial charge in [0.05, 0.1) is 13.2 Å². The first-order chi connectivity index (χ1) is 11.7. The highest BCUT2D eigenvalue weighted by Gasteiger charge is 2.25. The van der Waals surface area contributed by atoms with Crippen LogP contribution < -0.4 is 5.32 Å². The molecular weight excluding hydrogens is 302 g/mol. The Morgan fingerprint density at radius 1 is 1.29 bits per heavy atom. The number of carbonyl (C=O) groups excluding carboxylic acids is 1. The van der Waals surface area contributed by atoms with Crippen LogP contribution in [0.25, 0.3) is 0 Å². The van der Waals surface area contributed by atoms with E-state index in [1.54, 1.807) is 0 Å². The number of allylic oxidation sites excluding steroid dienone is 1. The van der Waals surface area contributed by atoms with Gasteiger partial charge in [0, 0.05) is 38.4 Å². The molecule has 1 saturated heterocycles. The number of rotatable bonds is 6.